The third-order valence-electron chi connectivity index (χ3n) is 3.71. The Kier molecular flexibility index (Phi) is 4.34. The summed E-state index contributed by atoms with van der Waals surface area (Å²) in [5.41, 5.74) is 2.96. The molecule has 0 aromatic rings. The molecule has 2 nitrogen and oxygen atoms in total. The van der Waals surface area contributed by atoms with Gasteiger partial charge in [-0.15, -0.1) is 0 Å². The molecule has 0 amide bonds. The van der Waals surface area contributed by atoms with Crippen molar-refractivity contribution in [2.45, 2.75) is 46.5 Å². The molecule has 90 valence electrons. The van der Waals surface area contributed by atoms with Crippen molar-refractivity contribution in [1.29, 1.82) is 0 Å². The number of carboxylic acid groups (broad SMARTS) is 1. The number of carboxylic acids is 1. The normalized spacial score (nSPS) is 28.7. The molecule has 0 saturated heterocycles. The monoisotopic (exact) mass is 222 g/mol. The number of hydrogen-bond acceptors (Lipinski definition) is 1. The summed E-state index contributed by atoms with van der Waals surface area (Å²) >= 11 is 0. The Labute approximate surface area is 98.1 Å². The molecule has 2 atom stereocenters. The zero-order valence-electron chi connectivity index (χ0n) is 10.5. The van der Waals surface area contributed by atoms with Gasteiger partial charge in [0, 0.05) is 5.57 Å². The van der Waals surface area contributed by atoms with E-state index in [2.05, 4.69) is 13.5 Å². The van der Waals surface area contributed by atoms with Gasteiger partial charge in [0.15, 0.2) is 0 Å². The number of allylic oxidation sites excluding steroid dienone is 2. The first-order valence-electron chi connectivity index (χ1n) is 6.07. The van der Waals surface area contributed by atoms with Crippen molar-refractivity contribution in [3.05, 3.63) is 23.3 Å². The smallest absolute Gasteiger partial charge is 0.331 e. The molecule has 0 spiro atoms. The SMILES string of the molecule is C=C(C)C1CCC(C)C(=C(CC)C(=O)O)C1. The van der Waals surface area contributed by atoms with Crippen molar-refractivity contribution in [3.8, 4) is 0 Å². The molecule has 1 aliphatic rings. The standard InChI is InChI=1S/C14H22O2/c1-5-12(14(15)16)13-8-11(9(2)3)7-6-10(13)4/h10-11H,2,5-8H2,1,3-4H3,(H,15,16). The van der Waals surface area contributed by atoms with Crippen LogP contribution in [0.3, 0.4) is 0 Å². The summed E-state index contributed by atoms with van der Waals surface area (Å²) in [7, 11) is 0. The second kappa shape index (κ2) is 5.33. The summed E-state index contributed by atoms with van der Waals surface area (Å²) in [4.78, 5) is 11.2. The summed E-state index contributed by atoms with van der Waals surface area (Å²) in [6.07, 6.45) is 3.75. The maximum absolute atomic E-state index is 11.2. The van der Waals surface area contributed by atoms with Crippen LogP contribution >= 0.6 is 0 Å². The van der Waals surface area contributed by atoms with Gasteiger partial charge in [0.2, 0.25) is 0 Å². The van der Waals surface area contributed by atoms with Crippen LogP contribution in [-0.2, 0) is 4.79 Å². The summed E-state index contributed by atoms with van der Waals surface area (Å²) < 4.78 is 0. The first-order valence-corrected chi connectivity index (χ1v) is 6.07. The molecule has 0 aliphatic heterocycles. The van der Waals surface area contributed by atoms with Gasteiger partial charge in [-0.25, -0.2) is 4.79 Å². The van der Waals surface area contributed by atoms with E-state index in [9.17, 15) is 9.90 Å². The van der Waals surface area contributed by atoms with Crippen LogP contribution < -0.4 is 0 Å². The Bertz CT molecular complexity index is 326. The Morgan fingerprint density at radius 3 is 2.56 bits per heavy atom. The summed E-state index contributed by atoms with van der Waals surface area (Å²) in [5.74, 6) is 0.153. The molecule has 16 heavy (non-hydrogen) atoms. The van der Waals surface area contributed by atoms with Gasteiger partial charge < -0.3 is 5.11 Å². The zero-order valence-corrected chi connectivity index (χ0v) is 10.5. The fourth-order valence-electron chi connectivity index (χ4n) is 2.55. The predicted molar refractivity (Wildman–Crippen MR) is 66.3 cm³/mol. The van der Waals surface area contributed by atoms with Crippen molar-refractivity contribution >= 4 is 5.97 Å². The lowest BCUT2D eigenvalue weighted by Gasteiger charge is -2.31. The van der Waals surface area contributed by atoms with Gasteiger partial charge in [-0.05, 0) is 44.4 Å². The minimum Gasteiger partial charge on any atom is -0.478 e. The molecule has 1 N–H and O–H groups in total. The first kappa shape index (κ1) is 13.0. The van der Waals surface area contributed by atoms with Crippen molar-refractivity contribution in [3.63, 3.8) is 0 Å². The van der Waals surface area contributed by atoms with E-state index in [0.717, 1.165) is 24.8 Å². The van der Waals surface area contributed by atoms with Crippen LogP contribution in [0.4, 0.5) is 0 Å². The van der Waals surface area contributed by atoms with Crippen LogP contribution in [0.15, 0.2) is 23.3 Å². The van der Waals surface area contributed by atoms with Crippen LogP contribution in [0.5, 0.6) is 0 Å². The Morgan fingerprint density at radius 1 is 1.50 bits per heavy atom. The Morgan fingerprint density at radius 2 is 2.12 bits per heavy atom. The number of aliphatic carboxylic acids is 1. The first-order chi connectivity index (χ1) is 7.47. The summed E-state index contributed by atoms with van der Waals surface area (Å²) in [6.45, 7) is 10.1. The maximum Gasteiger partial charge on any atom is 0.331 e. The van der Waals surface area contributed by atoms with Crippen molar-refractivity contribution in [1.82, 2.24) is 0 Å². The highest BCUT2D eigenvalue weighted by molar-refractivity contribution is 5.87. The average molecular weight is 222 g/mol. The predicted octanol–water partition coefficient (Wildman–Crippen LogP) is 3.79. The van der Waals surface area contributed by atoms with Crippen LogP contribution in [0, 0.1) is 11.8 Å². The van der Waals surface area contributed by atoms with Gasteiger partial charge in [-0.1, -0.05) is 31.6 Å². The summed E-state index contributed by atoms with van der Waals surface area (Å²) in [5, 5.41) is 9.19. The molecule has 2 unspecified atom stereocenters. The molecule has 0 radical (unpaired) electrons. The summed E-state index contributed by atoms with van der Waals surface area (Å²) in [6, 6.07) is 0. The minimum absolute atomic E-state index is 0.418. The highest BCUT2D eigenvalue weighted by Gasteiger charge is 2.26. The molecule has 0 aromatic heterocycles. The van der Waals surface area contributed by atoms with Crippen LogP contribution in [0.2, 0.25) is 0 Å². The number of carbonyl (C=O) groups is 1. The fourth-order valence-corrected chi connectivity index (χ4v) is 2.55. The number of rotatable bonds is 3. The maximum atomic E-state index is 11.2. The van der Waals surface area contributed by atoms with Crippen molar-refractivity contribution in [2.75, 3.05) is 0 Å². The van der Waals surface area contributed by atoms with E-state index in [-0.39, 0.29) is 0 Å². The van der Waals surface area contributed by atoms with E-state index in [4.69, 9.17) is 0 Å². The second-order valence-electron chi connectivity index (χ2n) is 4.89. The van der Waals surface area contributed by atoms with Gasteiger partial charge in [-0.3, -0.25) is 0 Å². The Balaban J connectivity index is 2.99. The molecular formula is C14H22O2. The molecular weight excluding hydrogens is 200 g/mol. The highest BCUT2D eigenvalue weighted by Crippen LogP contribution is 2.38. The van der Waals surface area contributed by atoms with E-state index >= 15 is 0 Å². The molecule has 1 saturated carbocycles. The third kappa shape index (κ3) is 2.75. The van der Waals surface area contributed by atoms with Gasteiger partial charge in [0.05, 0.1) is 0 Å². The van der Waals surface area contributed by atoms with Gasteiger partial charge in [-0.2, -0.15) is 0 Å². The largest absolute Gasteiger partial charge is 0.478 e. The van der Waals surface area contributed by atoms with Crippen LogP contribution in [0.25, 0.3) is 0 Å². The number of hydrogen-bond donors (Lipinski definition) is 1. The molecule has 0 aromatic carbocycles. The van der Waals surface area contributed by atoms with E-state index in [1.807, 2.05) is 13.8 Å². The fraction of sp³-hybridized carbons (Fsp3) is 0.643. The van der Waals surface area contributed by atoms with E-state index in [1.165, 1.54) is 5.57 Å². The average Bonchev–Trinajstić information content (AvgIpc) is 2.20. The highest BCUT2D eigenvalue weighted by atomic mass is 16.4. The van der Waals surface area contributed by atoms with Gasteiger partial charge in [0.1, 0.15) is 0 Å². The molecule has 2 heteroatoms. The lowest BCUT2D eigenvalue weighted by molar-refractivity contribution is -0.132. The van der Waals surface area contributed by atoms with Crippen molar-refractivity contribution in [2.24, 2.45) is 11.8 Å². The third-order valence-corrected chi connectivity index (χ3v) is 3.71. The second-order valence-corrected chi connectivity index (χ2v) is 4.89. The Hall–Kier alpha value is -1.05. The van der Waals surface area contributed by atoms with E-state index in [0.29, 0.717) is 23.8 Å². The lowest BCUT2D eigenvalue weighted by atomic mass is 9.74. The molecule has 1 fully saturated rings. The van der Waals surface area contributed by atoms with E-state index < -0.39 is 5.97 Å². The van der Waals surface area contributed by atoms with Gasteiger partial charge in [0.25, 0.3) is 0 Å². The van der Waals surface area contributed by atoms with Crippen LogP contribution in [-0.4, -0.2) is 11.1 Å². The molecule has 0 heterocycles. The minimum atomic E-state index is -0.744. The quantitative estimate of drug-likeness (QED) is 0.582. The lowest BCUT2D eigenvalue weighted by Crippen LogP contribution is -2.19. The van der Waals surface area contributed by atoms with Gasteiger partial charge >= 0.3 is 5.97 Å². The molecule has 1 rings (SSSR count). The molecule has 0 bridgehead atoms. The zero-order chi connectivity index (χ0) is 12.3. The molecule has 1 aliphatic carbocycles. The van der Waals surface area contributed by atoms with E-state index in [1.54, 1.807) is 0 Å². The topological polar surface area (TPSA) is 37.3 Å². The van der Waals surface area contributed by atoms with Crippen LogP contribution in [0.1, 0.15) is 46.5 Å². The van der Waals surface area contributed by atoms with Crippen molar-refractivity contribution < 1.29 is 9.90 Å².